The van der Waals surface area contributed by atoms with Crippen molar-refractivity contribution < 1.29 is 14.3 Å². The highest BCUT2D eigenvalue weighted by molar-refractivity contribution is 7.99. The number of benzene rings is 1. The molecule has 1 N–H and O–H groups in total. The predicted octanol–water partition coefficient (Wildman–Crippen LogP) is 3.81. The van der Waals surface area contributed by atoms with Crippen LogP contribution in [0.4, 0.5) is 0 Å². The molecule has 1 aliphatic carbocycles. The van der Waals surface area contributed by atoms with Crippen LogP contribution in [0.15, 0.2) is 33.9 Å². The topological polar surface area (TPSA) is 63.3 Å². The van der Waals surface area contributed by atoms with Crippen LogP contribution in [-0.4, -0.2) is 21.3 Å². The van der Waals surface area contributed by atoms with Crippen molar-refractivity contribution in [1.29, 1.82) is 0 Å². The normalized spacial score (nSPS) is 26.8. The molecular formula is C15H17NO3S. The summed E-state index contributed by atoms with van der Waals surface area (Å²) in [4.78, 5) is 15.8. The molecule has 3 rings (SSSR count). The molecule has 1 aromatic heterocycles. The molecule has 3 unspecified atom stereocenters. The SMILES string of the molecule is CC1CCC(C(=O)O)C(Sc2nc3ccccc3o2)C1. The highest BCUT2D eigenvalue weighted by atomic mass is 32.2. The minimum atomic E-state index is -0.703. The third kappa shape index (κ3) is 2.68. The van der Waals surface area contributed by atoms with Crippen LogP contribution < -0.4 is 0 Å². The van der Waals surface area contributed by atoms with Gasteiger partial charge in [-0.15, -0.1) is 0 Å². The largest absolute Gasteiger partial charge is 0.481 e. The molecule has 1 fully saturated rings. The summed E-state index contributed by atoms with van der Waals surface area (Å²) >= 11 is 1.47. The number of oxazole rings is 1. The Morgan fingerprint density at radius 2 is 2.20 bits per heavy atom. The first-order valence-electron chi connectivity index (χ1n) is 6.88. The van der Waals surface area contributed by atoms with E-state index in [4.69, 9.17) is 4.42 Å². The van der Waals surface area contributed by atoms with Crippen molar-refractivity contribution in [2.45, 2.75) is 36.7 Å². The van der Waals surface area contributed by atoms with Crippen LogP contribution in [0.2, 0.25) is 0 Å². The number of carboxylic acid groups (broad SMARTS) is 1. The molecule has 1 saturated carbocycles. The lowest BCUT2D eigenvalue weighted by Crippen LogP contribution is -2.32. The number of thioether (sulfide) groups is 1. The second-order valence-corrected chi connectivity index (χ2v) is 6.66. The van der Waals surface area contributed by atoms with E-state index in [1.165, 1.54) is 11.8 Å². The molecule has 4 nitrogen and oxygen atoms in total. The monoisotopic (exact) mass is 291 g/mol. The summed E-state index contributed by atoms with van der Waals surface area (Å²) in [6, 6.07) is 7.61. The van der Waals surface area contributed by atoms with Crippen LogP contribution in [-0.2, 0) is 4.79 Å². The van der Waals surface area contributed by atoms with E-state index < -0.39 is 5.97 Å². The van der Waals surface area contributed by atoms with Crippen molar-refractivity contribution in [3.05, 3.63) is 24.3 Å². The number of para-hydroxylation sites is 2. The van der Waals surface area contributed by atoms with Crippen molar-refractivity contribution in [3.8, 4) is 0 Å². The fourth-order valence-electron chi connectivity index (χ4n) is 2.77. The van der Waals surface area contributed by atoms with Crippen molar-refractivity contribution in [3.63, 3.8) is 0 Å². The number of fused-ring (bicyclic) bond motifs is 1. The van der Waals surface area contributed by atoms with E-state index in [9.17, 15) is 9.90 Å². The molecule has 0 spiro atoms. The molecule has 0 bridgehead atoms. The van der Waals surface area contributed by atoms with Gasteiger partial charge in [0.05, 0.1) is 5.92 Å². The number of aromatic nitrogens is 1. The number of carboxylic acids is 1. The van der Waals surface area contributed by atoms with E-state index in [0.717, 1.165) is 30.4 Å². The number of nitrogens with zero attached hydrogens (tertiary/aromatic N) is 1. The molecule has 0 amide bonds. The minimum Gasteiger partial charge on any atom is -0.481 e. The third-order valence-corrected chi connectivity index (χ3v) is 5.10. The first-order chi connectivity index (χ1) is 9.63. The standard InChI is InChI=1S/C15H17NO3S/c1-9-6-7-10(14(17)18)13(8-9)20-15-16-11-4-2-3-5-12(11)19-15/h2-5,9-10,13H,6-8H2,1H3,(H,17,18). The molecule has 0 saturated heterocycles. The molecule has 1 aromatic carbocycles. The zero-order valence-electron chi connectivity index (χ0n) is 11.3. The molecule has 5 heteroatoms. The predicted molar refractivity (Wildman–Crippen MR) is 77.8 cm³/mol. The molecule has 2 aromatic rings. The van der Waals surface area contributed by atoms with Gasteiger partial charge in [-0.05, 0) is 37.3 Å². The number of hydrogen-bond acceptors (Lipinski definition) is 4. The number of carbonyl (C=O) groups is 1. The van der Waals surface area contributed by atoms with Crippen LogP contribution in [0.25, 0.3) is 11.1 Å². The zero-order valence-corrected chi connectivity index (χ0v) is 12.1. The molecule has 0 radical (unpaired) electrons. The Balaban J connectivity index is 1.81. The van der Waals surface area contributed by atoms with Crippen LogP contribution in [0.3, 0.4) is 0 Å². The number of hydrogen-bond donors (Lipinski definition) is 1. The lowest BCUT2D eigenvalue weighted by atomic mass is 9.82. The average molecular weight is 291 g/mol. The lowest BCUT2D eigenvalue weighted by Gasteiger charge is -2.30. The summed E-state index contributed by atoms with van der Waals surface area (Å²) in [7, 11) is 0. The van der Waals surface area contributed by atoms with Gasteiger partial charge in [-0.1, -0.05) is 30.8 Å². The highest BCUT2D eigenvalue weighted by Crippen LogP contribution is 2.40. The Morgan fingerprint density at radius 3 is 2.95 bits per heavy atom. The first kappa shape index (κ1) is 13.5. The van der Waals surface area contributed by atoms with Crippen LogP contribution in [0.5, 0.6) is 0 Å². The summed E-state index contributed by atoms with van der Waals surface area (Å²) in [5, 5.41) is 9.97. The van der Waals surface area contributed by atoms with E-state index >= 15 is 0 Å². The highest BCUT2D eigenvalue weighted by Gasteiger charge is 2.35. The van der Waals surface area contributed by atoms with Gasteiger partial charge in [0.2, 0.25) is 0 Å². The fourth-order valence-corrected chi connectivity index (χ4v) is 4.16. The summed E-state index contributed by atoms with van der Waals surface area (Å²) in [6.07, 6.45) is 2.64. The van der Waals surface area contributed by atoms with E-state index in [1.54, 1.807) is 0 Å². The van der Waals surface area contributed by atoms with Gasteiger partial charge in [-0.3, -0.25) is 4.79 Å². The van der Waals surface area contributed by atoms with E-state index in [2.05, 4.69) is 11.9 Å². The lowest BCUT2D eigenvalue weighted by molar-refractivity contribution is -0.142. The second kappa shape index (κ2) is 5.48. The summed E-state index contributed by atoms with van der Waals surface area (Å²) in [6.45, 7) is 2.18. The summed E-state index contributed by atoms with van der Waals surface area (Å²) < 4.78 is 5.69. The van der Waals surface area contributed by atoms with Gasteiger partial charge in [0.1, 0.15) is 5.52 Å². The fraction of sp³-hybridized carbons (Fsp3) is 0.467. The molecular weight excluding hydrogens is 274 g/mol. The van der Waals surface area contributed by atoms with Gasteiger partial charge in [-0.25, -0.2) is 4.98 Å². The van der Waals surface area contributed by atoms with Gasteiger partial charge >= 0.3 is 5.97 Å². The number of aliphatic carboxylic acids is 1. The molecule has 106 valence electrons. The van der Waals surface area contributed by atoms with E-state index in [0.29, 0.717) is 11.1 Å². The Kier molecular flexibility index (Phi) is 3.70. The van der Waals surface area contributed by atoms with E-state index in [1.807, 2.05) is 24.3 Å². The Morgan fingerprint density at radius 1 is 1.40 bits per heavy atom. The first-order valence-corrected chi connectivity index (χ1v) is 7.76. The van der Waals surface area contributed by atoms with Crippen molar-refractivity contribution >= 4 is 28.8 Å². The second-order valence-electron chi connectivity index (χ2n) is 5.47. The maximum absolute atomic E-state index is 11.4. The van der Waals surface area contributed by atoms with Crippen molar-refractivity contribution in [2.75, 3.05) is 0 Å². The van der Waals surface area contributed by atoms with Gasteiger partial charge in [-0.2, -0.15) is 0 Å². The van der Waals surface area contributed by atoms with Gasteiger partial charge in [0, 0.05) is 5.25 Å². The van der Waals surface area contributed by atoms with Gasteiger partial charge < -0.3 is 9.52 Å². The van der Waals surface area contributed by atoms with Crippen LogP contribution in [0, 0.1) is 11.8 Å². The van der Waals surface area contributed by atoms with Crippen molar-refractivity contribution in [2.24, 2.45) is 11.8 Å². The third-order valence-electron chi connectivity index (χ3n) is 3.90. The Labute approximate surface area is 121 Å². The van der Waals surface area contributed by atoms with Crippen LogP contribution >= 0.6 is 11.8 Å². The molecule has 1 heterocycles. The van der Waals surface area contributed by atoms with E-state index in [-0.39, 0.29) is 11.2 Å². The van der Waals surface area contributed by atoms with Crippen LogP contribution in [0.1, 0.15) is 26.2 Å². The molecule has 0 aliphatic heterocycles. The quantitative estimate of drug-likeness (QED) is 0.931. The maximum Gasteiger partial charge on any atom is 0.307 e. The molecule has 3 atom stereocenters. The van der Waals surface area contributed by atoms with Crippen molar-refractivity contribution in [1.82, 2.24) is 4.98 Å². The summed E-state index contributed by atoms with van der Waals surface area (Å²) in [5.74, 6) is -0.441. The number of rotatable bonds is 3. The molecule has 20 heavy (non-hydrogen) atoms. The average Bonchev–Trinajstić information content (AvgIpc) is 2.80. The minimum absolute atomic E-state index is 0.0457. The smallest absolute Gasteiger partial charge is 0.307 e. The van der Waals surface area contributed by atoms with Gasteiger partial charge in [0.15, 0.2) is 5.58 Å². The zero-order chi connectivity index (χ0) is 14.1. The van der Waals surface area contributed by atoms with Gasteiger partial charge in [0.25, 0.3) is 5.22 Å². The maximum atomic E-state index is 11.4. The summed E-state index contributed by atoms with van der Waals surface area (Å²) in [5.41, 5.74) is 1.58. The molecule has 1 aliphatic rings. The Hall–Kier alpha value is -1.49. The Bertz CT molecular complexity index is 591.